The quantitative estimate of drug-likeness (QED) is 0.570. The molecule has 0 spiro atoms. The van der Waals surface area contributed by atoms with Crippen LogP contribution in [-0.2, 0) is 9.53 Å². The fourth-order valence-corrected chi connectivity index (χ4v) is 3.07. The van der Waals surface area contributed by atoms with Crippen molar-refractivity contribution in [2.45, 2.75) is 38.6 Å². The molecule has 6 heteroatoms. The number of piperidine rings is 1. The van der Waals surface area contributed by atoms with Gasteiger partial charge < -0.3 is 15.0 Å². The number of carbonyl (C=O) groups excluding carboxylic acids is 2. The van der Waals surface area contributed by atoms with E-state index in [0.717, 1.165) is 38.8 Å². The summed E-state index contributed by atoms with van der Waals surface area (Å²) in [6, 6.07) is 7.31. The minimum absolute atomic E-state index is 0.0373. The highest BCUT2D eigenvalue weighted by Gasteiger charge is 2.22. The van der Waals surface area contributed by atoms with Crippen molar-refractivity contribution in [3.63, 3.8) is 0 Å². The second-order valence-corrected chi connectivity index (χ2v) is 7.06. The Bertz CT molecular complexity index is 580. The summed E-state index contributed by atoms with van der Waals surface area (Å²) in [5, 5.41) is 2.90. The number of nitrogens with one attached hydrogen (secondary N) is 1. The first-order chi connectivity index (χ1) is 12.5. The Morgan fingerprint density at radius 3 is 2.50 bits per heavy atom. The second kappa shape index (κ2) is 10.3. The number of rotatable bonds is 8. The van der Waals surface area contributed by atoms with Crippen molar-refractivity contribution in [1.29, 1.82) is 0 Å². The van der Waals surface area contributed by atoms with Crippen molar-refractivity contribution in [3.05, 3.63) is 29.8 Å². The minimum Gasteiger partial charge on any atom is -0.462 e. The molecule has 1 amide bonds. The van der Waals surface area contributed by atoms with Crippen molar-refractivity contribution < 1.29 is 14.3 Å². The predicted octanol–water partition coefficient (Wildman–Crippen LogP) is 2.61. The molecule has 26 heavy (non-hydrogen) atoms. The number of ether oxygens (including phenoxy) is 1. The summed E-state index contributed by atoms with van der Waals surface area (Å²) in [5.41, 5.74) is 1.19. The van der Waals surface area contributed by atoms with Gasteiger partial charge in [-0.05, 0) is 70.7 Å². The molecule has 1 N–H and O–H groups in total. The molecule has 1 saturated heterocycles. The van der Waals surface area contributed by atoms with Crippen LogP contribution in [0.15, 0.2) is 24.3 Å². The van der Waals surface area contributed by atoms with Crippen LogP contribution in [0.2, 0.25) is 0 Å². The highest BCUT2D eigenvalue weighted by atomic mass is 16.5. The number of hydrogen-bond acceptors (Lipinski definition) is 5. The van der Waals surface area contributed by atoms with Crippen LogP contribution in [0, 0.1) is 0 Å². The van der Waals surface area contributed by atoms with Crippen LogP contribution in [0.1, 0.15) is 43.0 Å². The van der Waals surface area contributed by atoms with Crippen LogP contribution in [0.5, 0.6) is 0 Å². The Labute approximate surface area is 156 Å². The molecule has 0 bridgehead atoms. The van der Waals surface area contributed by atoms with E-state index in [2.05, 4.69) is 29.1 Å². The number of carbonyl (C=O) groups is 2. The van der Waals surface area contributed by atoms with Crippen molar-refractivity contribution in [1.82, 2.24) is 9.80 Å². The second-order valence-electron chi connectivity index (χ2n) is 7.06. The molecule has 6 nitrogen and oxygen atoms in total. The van der Waals surface area contributed by atoms with E-state index in [1.165, 1.54) is 0 Å². The Balaban J connectivity index is 1.78. The van der Waals surface area contributed by atoms with Crippen molar-refractivity contribution in [2.24, 2.45) is 0 Å². The van der Waals surface area contributed by atoms with Crippen LogP contribution in [-0.4, -0.2) is 68.1 Å². The highest BCUT2D eigenvalue weighted by Crippen LogP contribution is 2.15. The first-order valence-corrected chi connectivity index (χ1v) is 9.45. The Morgan fingerprint density at radius 1 is 1.23 bits per heavy atom. The maximum atomic E-state index is 12.3. The molecule has 2 rings (SSSR count). The van der Waals surface area contributed by atoms with Gasteiger partial charge in [0.25, 0.3) is 0 Å². The lowest BCUT2D eigenvalue weighted by atomic mass is 10.0. The number of hydrogen-bond donors (Lipinski definition) is 1. The zero-order chi connectivity index (χ0) is 18.9. The zero-order valence-corrected chi connectivity index (χ0v) is 16.2. The summed E-state index contributed by atoms with van der Waals surface area (Å²) in [7, 11) is 4.14. The van der Waals surface area contributed by atoms with Crippen LogP contribution in [0.25, 0.3) is 0 Å². The van der Waals surface area contributed by atoms with Crippen molar-refractivity contribution in [2.75, 3.05) is 45.7 Å². The third-order valence-electron chi connectivity index (χ3n) is 4.84. The number of likely N-dealkylation sites (tertiary alicyclic amines) is 1. The molecule has 1 aliphatic heterocycles. The van der Waals surface area contributed by atoms with Gasteiger partial charge in [-0.1, -0.05) is 13.3 Å². The predicted molar refractivity (Wildman–Crippen MR) is 103 cm³/mol. The van der Waals surface area contributed by atoms with E-state index in [0.29, 0.717) is 30.4 Å². The van der Waals surface area contributed by atoms with Crippen LogP contribution in [0.4, 0.5) is 5.69 Å². The molecule has 0 aliphatic carbocycles. The third-order valence-corrected chi connectivity index (χ3v) is 4.84. The fraction of sp³-hybridized carbons (Fsp3) is 0.600. The largest absolute Gasteiger partial charge is 0.462 e. The fourth-order valence-electron chi connectivity index (χ4n) is 3.07. The Hall–Kier alpha value is -1.92. The molecule has 1 heterocycles. The summed E-state index contributed by atoms with van der Waals surface area (Å²) in [4.78, 5) is 28.6. The molecule has 144 valence electrons. The van der Waals surface area contributed by atoms with Crippen molar-refractivity contribution in [3.8, 4) is 0 Å². The van der Waals surface area contributed by atoms with Gasteiger partial charge in [0.15, 0.2) is 0 Å². The number of anilines is 1. The van der Waals surface area contributed by atoms with E-state index < -0.39 is 0 Å². The van der Waals surface area contributed by atoms with E-state index in [1.807, 2.05) is 7.05 Å². The number of amides is 1. The molecule has 0 radical (unpaired) electrons. The van der Waals surface area contributed by atoms with E-state index >= 15 is 0 Å². The lowest BCUT2D eigenvalue weighted by molar-refractivity contribution is -0.117. The monoisotopic (exact) mass is 361 g/mol. The molecular formula is C20H31N3O3. The van der Waals surface area contributed by atoms with Crippen LogP contribution >= 0.6 is 0 Å². The lowest BCUT2D eigenvalue weighted by Gasteiger charge is -2.34. The maximum absolute atomic E-state index is 12.3. The number of benzene rings is 1. The van der Waals surface area contributed by atoms with Gasteiger partial charge in [-0.25, -0.2) is 4.79 Å². The van der Waals surface area contributed by atoms with Gasteiger partial charge in [-0.2, -0.15) is 0 Å². The smallest absolute Gasteiger partial charge is 0.338 e. The van der Waals surface area contributed by atoms with E-state index in [4.69, 9.17) is 4.74 Å². The SMILES string of the molecule is CCCCOC(=O)c1ccc(NC(=O)CN(C)C2CCN(C)CC2)cc1. The van der Waals surface area contributed by atoms with Gasteiger partial charge in [-0.15, -0.1) is 0 Å². The summed E-state index contributed by atoms with van der Waals surface area (Å²) < 4.78 is 5.18. The molecule has 1 fully saturated rings. The first-order valence-electron chi connectivity index (χ1n) is 9.45. The van der Waals surface area contributed by atoms with Gasteiger partial charge in [0.05, 0.1) is 18.7 Å². The normalized spacial score (nSPS) is 15.8. The third kappa shape index (κ3) is 6.42. The molecule has 1 aromatic carbocycles. The standard InChI is InChI=1S/C20H31N3O3/c1-4-5-14-26-20(25)16-6-8-17(9-7-16)21-19(24)15-23(3)18-10-12-22(2)13-11-18/h6-9,18H,4-5,10-15H2,1-3H3,(H,21,24). The van der Waals surface area contributed by atoms with Crippen molar-refractivity contribution >= 4 is 17.6 Å². The molecule has 1 aliphatic rings. The minimum atomic E-state index is -0.321. The molecule has 0 aromatic heterocycles. The molecule has 0 saturated carbocycles. The van der Waals surface area contributed by atoms with Gasteiger partial charge in [0.2, 0.25) is 5.91 Å². The number of unbranched alkanes of at least 4 members (excludes halogenated alkanes) is 1. The van der Waals surface area contributed by atoms with Gasteiger partial charge >= 0.3 is 5.97 Å². The van der Waals surface area contributed by atoms with Crippen LogP contribution in [0.3, 0.4) is 0 Å². The van der Waals surface area contributed by atoms with Crippen LogP contribution < -0.4 is 5.32 Å². The highest BCUT2D eigenvalue weighted by molar-refractivity contribution is 5.94. The number of esters is 1. The average molecular weight is 361 g/mol. The summed E-state index contributed by atoms with van der Waals surface area (Å²) in [5.74, 6) is -0.358. The average Bonchev–Trinajstić information content (AvgIpc) is 2.62. The van der Waals surface area contributed by atoms with E-state index in [-0.39, 0.29) is 11.9 Å². The van der Waals surface area contributed by atoms with E-state index in [1.54, 1.807) is 24.3 Å². The maximum Gasteiger partial charge on any atom is 0.338 e. The summed E-state index contributed by atoms with van der Waals surface area (Å²) in [6.45, 7) is 5.01. The van der Waals surface area contributed by atoms with Gasteiger partial charge in [0.1, 0.15) is 0 Å². The van der Waals surface area contributed by atoms with E-state index in [9.17, 15) is 9.59 Å². The summed E-state index contributed by atoms with van der Waals surface area (Å²) >= 11 is 0. The Kier molecular flexibility index (Phi) is 8.06. The number of likely N-dealkylation sites (N-methyl/N-ethyl adjacent to an activating group) is 1. The zero-order valence-electron chi connectivity index (χ0n) is 16.2. The molecule has 0 atom stereocenters. The molecule has 0 unspecified atom stereocenters. The van der Waals surface area contributed by atoms with Gasteiger partial charge in [-0.3, -0.25) is 9.69 Å². The molecule has 1 aromatic rings. The summed E-state index contributed by atoms with van der Waals surface area (Å²) in [6.07, 6.45) is 4.04. The first kappa shape index (κ1) is 20.4. The Morgan fingerprint density at radius 2 is 1.88 bits per heavy atom. The number of nitrogens with zero attached hydrogens (tertiary/aromatic N) is 2. The molecular weight excluding hydrogens is 330 g/mol. The topological polar surface area (TPSA) is 61.9 Å². The van der Waals surface area contributed by atoms with Gasteiger partial charge in [0, 0.05) is 11.7 Å². The lowest BCUT2D eigenvalue weighted by Crippen LogP contribution is -2.44.